The van der Waals surface area contributed by atoms with Crippen LogP contribution in [0.15, 0.2) is 9.79 Å². The second-order valence-electron chi connectivity index (χ2n) is 2.26. The molecule has 1 aromatic rings. The van der Waals surface area contributed by atoms with Gasteiger partial charge >= 0.3 is 5.69 Å². The lowest BCUT2D eigenvalue weighted by Gasteiger charge is -1.95. The molecular formula is C6H9N5O. The van der Waals surface area contributed by atoms with E-state index in [1.807, 2.05) is 0 Å². The molecule has 64 valence electrons. The van der Waals surface area contributed by atoms with Gasteiger partial charge in [0.25, 0.3) is 0 Å². The third-order valence-electron chi connectivity index (χ3n) is 1.50. The van der Waals surface area contributed by atoms with Crippen LogP contribution in [0.1, 0.15) is 5.69 Å². The second-order valence-corrected chi connectivity index (χ2v) is 2.26. The molecule has 0 aliphatic rings. The Morgan fingerprint density at radius 1 is 1.83 bits per heavy atom. The van der Waals surface area contributed by atoms with Gasteiger partial charge in [-0.3, -0.25) is 9.98 Å². The summed E-state index contributed by atoms with van der Waals surface area (Å²) >= 11 is 0. The van der Waals surface area contributed by atoms with Crippen LogP contribution in [0.25, 0.3) is 0 Å². The third kappa shape index (κ3) is 1.03. The average Bonchev–Trinajstić information content (AvgIpc) is 2.29. The Labute approximate surface area is 68.2 Å². The lowest BCUT2D eigenvalue weighted by atomic mass is 10.4. The molecule has 6 heteroatoms. The molecule has 6 nitrogen and oxygen atoms in total. The van der Waals surface area contributed by atoms with Crippen LogP contribution in [0.4, 0.5) is 5.82 Å². The minimum absolute atomic E-state index is 0.206. The fraction of sp³-hybridized carbons (Fsp3) is 0.167. The molecule has 0 unspecified atom stereocenters. The molecule has 0 atom stereocenters. The lowest BCUT2D eigenvalue weighted by Crippen LogP contribution is -2.14. The number of nitrogens with one attached hydrogen (secondary N) is 2. The number of H-pyrrole nitrogens is 1. The summed E-state index contributed by atoms with van der Waals surface area (Å²) in [7, 11) is 1.52. The van der Waals surface area contributed by atoms with Gasteiger partial charge in [0.2, 0.25) is 0 Å². The number of nitrogens with two attached hydrogens (primary N) is 1. The number of nitrogens with zero attached hydrogens (tertiary/aromatic N) is 2. The van der Waals surface area contributed by atoms with E-state index in [0.717, 1.165) is 0 Å². The Hall–Kier alpha value is -1.85. The summed E-state index contributed by atoms with van der Waals surface area (Å²) < 4.78 is 1.24. The molecule has 12 heavy (non-hydrogen) atoms. The molecule has 0 bridgehead atoms. The van der Waals surface area contributed by atoms with Crippen LogP contribution >= 0.6 is 0 Å². The topological polar surface area (TPSA) is 100 Å². The molecule has 0 saturated heterocycles. The predicted molar refractivity (Wildman–Crippen MR) is 46.3 cm³/mol. The number of aliphatic imine (C=N–C) groups is 1. The van der Waals surface area contributed by atoms with Gasteiger partial charge in [-0.05, 0) is 6.72 Å². The zero-order valence-corrected chi connectivity index (χ0v) is 6.59. The van der Waals surface area contributed by atoms with Crippen molar-refractivity contribution in [3.05, 3.63) is 16.2 Å². The summed E-state index contributed by atoms with van der Waals surface area (Å²) in [4.78, 5) is 17.0. The van der Waals surface area contributed by atoms with E-state index < -0.39 is 0 Å². The number of hydrogen-bond acceptors (Lipinski definition) is 3. The maximum absolute atomic E-state index is 11.0. The number of hydrogen-bond donors (Lipinski definition) is 3. The fourth-order valence-corrected chi connectivity index (χ4v) is 0.883. The Balaban J connectivity index is 3.49. The monoisotopic (exact) mass is 167 g/mol. The first-order valence-corrected chi connectivity index (χ1v) is 3.18. The average molecular weight is 167 g/mol. The summed E-state index contributed by atoms with van der Waals surface area (Å²) in [6.07, 6.45) is 0. The number of aromatic amines is 1. The van der Waals surface area contributed by atoms with Crippen LogP contribution in [0, 0.1) is 5.41 Å². The summed E-state index contributed by atoms with van der Waals surface area (Å²) in [6.45, 7) is 3.27. The first-order chi connectivity index (χ1) is 5.57. The van der Waals surface area contributed by atoms with E-state index in [-0.39, 0.29) is 23.0 Å². The van der Waals surface area contributed by atoms with Crippen molar-refractivity contribution in [3.63, 3.8) is 0 Å². The van der Waals surface area contributed by atoms with E-state index >= 15 is 0 Å². The molecule has 0 fully saturated rings. The number of aromatic nitrogens is 2. The molecule has 1 heterocycles. The van der Waals surface area contributed by atoms with Crippen LogP contribution in [0.2, 0.25) is 0 Å². The zero-order chi connectivity index (χ0) is 9.30. The van der Waals surface area contributed by atoms with Crippen molar-refractivity contribution in [1.82, 2.24) is 9.55 Å². The number of amidine groups is 1. The molecule has 1 aromatic heterocycles. The molecule has 0 aliphatic carbocycles. The summed E-state index contributed by atoms with van der Waals surface area (Å²) in [5.74, 6) is 0.0580. The summed E-state index contributed by atoms with van der Waals surface area (Å²) in [5, 5.41) is 7.10. The van der Waals surface area contributed by atoms with Crippen LogP contribution in [0.3, 0.4) is 0 Å². The van der Waals surface area contributed by atoms with Gasteiger partial charge in [0.1, 0.15) is 11.5 Å². The van der Waals surface area contributed by atoms with Gasteiger partial charge in [0.05, 0.1) is 0 Å². The quantitative estimate of drug-likeness (QED) is 0.402. The number of imidazole rings is 1. The first-order valence-electron chi connectivity index (χ1n) is 3.18. The molecule has 0 saturated carbocycles. The molecule has 0 amide bonds. The molecule has 0 spiro atoms. The van der Waals surface area contributed by atoms with Crippen LogP contribution in [-0.4, -0.2) is 22.1 Å². The van der Waals surface area contributed by atoms with Crippen molar-refractivity contribution in [3.8, 4) is 0 Å². The van der Waals surface area contributed by atoms with Gasteiger partial charge in [-0.15, -0.1) is 0 Å². The standard InChI is InChI=1S/C6H9N5O/c1-9-5-3(4(7)8)10-6(12)11(5)2/h1H2,2H3,(H3,7,8)(H,10,12). The van der Waals surface area contributed by atoms with E-state index in [2.05, 4.69) is 16.7 Å². The van der Waals surface area contributed by atoms with E-state index in [1.165, 1.54) is 11.6 Å². The van der Waals surface area contributed by atoms with E-state index in [4.69, 9.17) is 11.1 Å². The van der Waals surface area contributed by atoms with E-state index in [9.17, 15) is 4.79 Å². The van der Waals surface area contributed by atoms with Crippen molar-refractivity contribution in [2.75, 3.05) is 0 Å². The maximum Gasteiger partial charge on any atom is 0.327 e. The minimum atomic E-state index is -0.359. The van der Waals surface area contributed by atoms with Gasteiger partial charge < -0.3 is 10.7 Å². The Kier molecular flexibility index (Phi) is 1.82. The van der Waals surface area contributed by atoms with Gasteiger partial charge in [0.15, 0.2) is 5.82 Å². The Morgan fingerprint density at radius 3 is 2.75 bits per heavy atom. The van der Waals surface area contributed by atoms with Crippen molar-refractivity contribution < 1.29 is 0 Å². The Bertz CT molecular complexity index is 385. The normalized spacial score (nSPS) is 9.75. The fourth-order valence-electron chi connectivity index (χ4n) is 0.883. The van der Waals surface area contributed by atoms with Crippen molar-refractivity contribution >= 4 is 18.4 Å². The van der Waals surface area contributed by atoms with Crippen molar-refractivity contribution in [1.29, 1.82) is 5.41 Å². The number of rotatable bonds is 2. The predicted octanol–water partition coefficient (Wildman–Crippen LogP) is -0.670. The largest absolute Gasteiger partial charge is 0.382 e. The Morgan fingerprint density at radius 2 is 2.42 bits per heavy atom. The smallest absolute Gasteiger partial charge is 0.327 e. The highest BCUT2D eigenvalue weighted by Crippen LogP contribution is 2.11. The summed E-state index contributed by atoms with van der Waals surface area (Å²) in [5.41, 5.74) is 5.03. The highest BCUT2D eigenvalue weighted by Gasteiger charge is 2.11. The molecule has 0 radical (unpaired) electrons. The molecule has 1 rings (SSSR count). The molecule has 0 aliphatic heterocycles. The van der Waals surface area contributed by atoms with E-state index in [0.29, 0.717) is 0 Å². The lowest BCUT2D eigenvalue weighted by molar-refractivity contribution is 0.863. The zero-order valence-electron chi connectivity index (χ0n) is 6.59. The third-order valence-corrected chi connectivity index (χ3v) is 1.50. The highest BCUT2D eigenvalue weighted by molar-refractivity contribution is 5.97. The molecule has 4 N–H and O–H groups in total. The summed E-state index contributed by atoms with van der Waals surface area (Å²) in [6, 6.07) is 0. The van der Waals surface area contributed by atoms with Gasteiger partial charge in [-0.25, -0.2) is 9.79 Å². The number of nitrogen functional groups attached to an aromatic ring is 1. The molecular weight excluding hydrogens is 158 g/mol. The van der Waals surface area contributed by atoms with Crippen LogP contribution in [-0.2, 0) is 7.05 Å². The van der Waals surface area contributed by atoms with Crippen LogP contribution < -0.4 is 11.4 Å². The van der Waals surface area contributed by atoms with Gasteiger partial charge in [-0.1, -0.05) is 0 Å². The minimum Gasteiger partial charge on any atom is -0.382 e. The first kappa shape index (κ1) is 8.25. The molecule has 0 aromatic carbocycles. The maximum atomic E-state index is 11.0. The van der Waals surface area contributed by atoms with Crippen LogP contribution in [0.5, 0.6) is 0 Å². The van der Waals surface area contributed by atoms with Gasteiger partial charge in [0, 0.05) is 7.05 Å². The highest BCUT2D eigenvalue weighted by atomic mass is 16.1. The van der Waals surface area contributed by atoms with Gasteiger partial charge in [-0.2, -0.15) is 0 Å². The second kappa shape index (κ2) is 2.65. The van der Waals surface area contributed by atoms with E-state index in [1.54, 1.807) is 0 Å². The van der Waals surface area contributed by atoms with Crippen molar-refractivity contribution in [2.45, 2.75) is 0 Å². The SMILES string of the molecule is C=Nc1c(C(=N)N)[nH]c(=O)n1C. The van der Waals surface area contributed by atoms with Crippen molar-refractivity contribution in [2.24, 2.45) is 17.8 Å².